The molecule has 0 spiro atoms. The number of primary amides is 1. The second-order valence-electron chi connectivity index (χ2n) is 12.0. The van der Waals surface area contributed by atoms with E-state index in [1.807, 2.05) is 24.3 Å². The van der Waals surface area contributed by atoms with E-state index in [1.54, 1.807) is 11.0 Å². The first-order valence-electron chi connectivity index (χ1n) is 14.5. The Morgan fingerprint density at radius 1 is 1.12 bits per heavy atom. The van der Waals surface area contributed by atoms with Gasteiger partial charge in [-0.3, -0.25) is 9.59 Å². The number of rotatable bonds is 6. The Balaban J connectivity index is 1.29. The van der Waals surface area contributed by atoms with Crippen LogP contribution in [0.1, 0.15) is 81.6 Å². The van der Waals surface area contributed by atoms with Crippen LogP contribution in [0.25, 0.3) is 10.9 Å². The first-order chi connectivity index (χ1) is 19.8. The van der Waals surface area contributed by atoms with Gasteiger partial charge >= 0.3 is 6.09 Å². The van der Waals surface area contributed by atoms with Crippen LogP contribution in [0.4, 0.5) is 4.79 Å². The predicted octanol–water partition coefficient (Wildman–Crippen LogP) is 3.30. The van der Waals surface area contributed by atoms with Gasteiger partial charge in [-0.15, -0.1) is 0 Å². The first kappa shape index (κ1) is 26.0. The number of fused-ring (bicyclic) bond motifs is 1. The molecule has 6 N–H and O–H groups in total. The maximum Gasteiger partial charge on any atom is 0.404 e. The number of hydrogen-bond donors (Lipinski definition) is 3. The lowest BCUT2D eigenvalue weighted by atomic mass is 9.77. The Morgan fingerprint density at radius 2 is 1.95 bits per heavy atom. The summed E-state index contributed by atoms with van der Waals surface area (Å²) >= 11 is 0. The highest BCUT2D eigenvalue weighted by Crippen LogP contribution is 2.58. The second kappa shape index (κ2) is 9.60. The Hall–Kier alpha value is -3.89. The van der Waals surface area contributed by atoms with E-state index in [0.29, 0.717) is 55.2 Å². The van der Waals surface area contributed by atoms with Gasteiger partial charge in [0.05, 0.1) is 24.7 Å². The summed E-state index contributed by atoms with van der Waals surface area (Å²) in [5, 5.41) is 1.03. The molecule has 1 aromatic heterocycles. The number of carbonyl (C=O) groups excluding carboxylic acids is 3. The van der Waals surface area contributed by atoms with Gasteiger partial charge < -0.3 is 36.1 Å². The summed E-state index contributed by atoms with van der Waals surface area (Å²) in [5.74, 6) is 0.976. The van der Waals surface area contributed by atoms with Crippen molar-refractivity contribution in [2.24, 2.45) is 23.1 Å². The lowest BCUT2D eigenvalue weighted by molar-refractivity contribution is 0.0373. The number of hydrogen-bond acceptors (Lipinski definition) is 7. The molecule has 2 aromatic carbocycles. The van der Waals surface area contributed by atoms with Crippen molar-refractivity contribution in [2.75, 3.05) is 19.7 Å². The van der Waals surface area contributed by atoms with Crippen LogP contribution < -0.4 is 21.9 Å². The van der Waals surface area contributed by atoms with Crippen molar-refractivity contribution in [3.63, 3.8) is 0 Å². The van der Waals surface area contributed by atoms with Crippen molar-refractivity contribution in [3.8, 4) is 5.75 Å². The van der Waals surface area contributed by atoms with E-state index in [9.17, 15) is 14.4 Å². The standard InChI is InChI=1S/C31H35N5O5/c32-28-22-11-20(29(38)35-8-1-2-21(15-35)41-30(33)39)12-25-27(22)23(7-9-40-25)31(28,34)26-13-19-6-5-18(16-37)10-24(19)36(26)14-17-3-4-17/h5-6,10-13,16-17,21,23,28H,1-4,7-9,14-15,32,34H2,(H2,33,39)/t21-,23?,28?,31-/m1/s1. The molecule has 3 heterocycles. The minimum atomic E-state index is -0.927. The van der Waals surface area contributed by atoms with E-state index in [0.717, 1.165) is 40.6 Å². The number of nitrogens with zero attached hydrogens (tertiary/aromatic N) is 2. The van der Waals surface area contributed by atoms with Gasteiger partial charge in [0.1, 0.15) is 18.1 Å². The van der Waals surface area contributed by atoms with E-state index in [1.165, 1.54) is 12.8 Å². The van der Waals surface area contributed by atoms with Crippen LogP contribution in [-0.2, 0) is 16.8 Å². The number of amides is 2. The molecule has 10 heteroatoms. The fourth-order valence-electron chi connectivity index (χ4n) is 7.27. The van der Waals surface area contributed by atoms with Crippen molar-refractivity contribution in [1.82, 2.24) is 9.47 Å². The molecule has 1 saturated carbocycles. The molecule has 4 atom stereocenters. The van der Waals surface area contributed by atoms with Gasteiger partial charge in [0.25, 0.3) is 5.91 Å². The van der Waals surface area contributed by atoms with Crippen molar-refractivity contribution in [3.05, 3.63) is 64.3 Å². The van der Waals surface area contributed by atoms with Crippen LogP contribution in [0.5, 0.6) is 5.75 Å². The minimum absolute atomic E-state index is 0.0865. The van der Waals surface area contributed by atoms with Crippen molar-refractivity contribution in [1.29, 1.82) is 0 Å². The zero-order valence-corrected chi connectivity index (χ0v) is 22.9. The summed E-state index contributed by atoms with van der Waals surface area (Å²) in [6.45, 7) is 2.14. The van der Waals surface area contributed by atoms with Crippen molar-refractivity contribution >= 4 is 29.2 Å². The van der Waals surface area contributed by atoms with Crippen LogP contribution in [0.2, 0.25) is 0 Å². The van der Waals surface area contributed by atoms with Crippen LogP contribution in [0.15, 0.2) is 36.4 Å². The molecular formula is C31H35N5O5. The monoisotopic (exact) mass is 557 g/mol. The number of ether oxygens (including phenoxy) is 2. The molecule has 2 fully saturated rings. The number of carbonyl (C=O) groups is 3. The van der Waals surface area contributed by atoms with Gasteiger partial charge in [0.2, 0.25) is 0 Å². The molecule has 0 radical (unpaired) electrons. The number of nitrogens with two attached hydrogens (primary N) is 3. The summed E-state index contributed by atoms with van der Waals surface area (Å²) in [4.78, 5) is 38.3. The molecule has 2 aliphatic heterocycles. The molecule has 10 nitrogen and oxygen atoms in total. The third-order valence-electron chi connectivity index (χ3n) is 9.45. The molecule has 2 aliphatic carbocycles. The van der Waals surface area contributed by atoms with Gasteiger partial charge in [0.15, 0.2) is 0 Å². The first-order valence-corrected chi connectivity index (χ1v) is 14.5. The Kier molecular flexibility index (Phi) is 6.09. The molecule has 0 bridgehead atoms. The smallest absolute Gasteiger partial charge is 0.404 e. The highest BCUT2D eigenvalue weighted by Gasteiger charge is 2.54. The van der Waals surface area contributed by atoms with Crippen molar-refractivity contribution < 1.29 is 23.9 Å². The van der Waals surface area contributed by atoms with Crippen LogP contribution in [0.3, 0.4) is 0 Å². The number of aromatic nitrogens is 1. The third kappa shape index (κ3) is 4.19. The zero-order chi connectivity index (χ0) is 28.5. The summed E-state index contributed by atoms with van der Waals surface area (Å²) in [5.41, 5.74) is 23.7. The summed E-state index contributed by atoms with van der Waals surface area (Å²) < 4.78 is 13.6. The van der Waals surface area contributed by atoms with Gasteiger partial charge in [-0.2, -0.15) is 0 Å². The second-order valence-corrected chi connectivity index (χ2v) is 12.0. The van der Waals surface area contributed by atoms with E-state index < -0.39 is 23.8 Å². The number of aldehydes is 1. The third-order valence-corrected chi connectivity index (χ3v) is 9.45. The Morgan fingerprint density at radius 3 is 2.71 bits per heavy atom. The number of piperidine rings is 1. The highest BCUT2D eigenvalue weighted by molar-refractivity contribution is 5.95. The molecular weight excluding hydrogens is 522 g/mol. The molecule has 214 valence electrons. The summed E-state index contributed by atoms with van der Waals surface area (Å²) in [6.07, 6.45) is 4.04. The lowest BCUT2D eigenvalue weighted by Gasteiger charge is -2.38. The predicted molar refractivity (Wildman–Crippen MR) is 152 cm³/mol. The van der Waals surface area contributed by atoms with Gasteiger partial charge in [-0.1, -0.05) is 12.1 Å². The minimum Gasteiger partial charge on any atom is -0.493 e. The highest BCUT2D eigenvalue weighted by atomic mass is 16.6. The lowest BCUT2D eigenvalue weighted by Crippen LogP contribution is -2.49. The zero-order valence-electron chi connectivity index (χ0n) is 22.9. The maximum absolute atomic E-state index is 13.7. The number of benzene rings is 2. The van der Waals surface area contributed by atoms with Crippen LogP contribution in [-0.4, -0.2) is 53.6 Å². The fourth-order valence-corrected chi connectivity index (χ4v) is 7.27. The van der Waals surface area contributed by atoms with Crippen molar-refractivity contribution in [2.45, 2.75) is 62.3 Å². The average Bonchev–Trinajstić information content (AvgIpc) is 3.69. The summed E-state index contributed by atoms with van der Waals surface area (Å²) in [6, 6.07) is 11.0. The van der Waals surface area contributed by atoms with E-state index in [2.05, 4.69) is 10.6 Å². The molecule has 7 rings (SSSR count). The molecule has 4 aliphatic rings. The van der Waals surface area contributed by atoms with E-state index in [-0.39, 0.29) is 18.4 Å². The Labute approximate surface area is 237 Å². The summed E-state index contributed by atoms with van der Waals surface area (Å²) in [7, 11) is 0. The molecule has 2 amide bonds. The van der Waals surface area contributed by atoms with Crippen LogP contribution >= 0.6 is 0 Å². The Bertz CT molecular complexity index is 1580. The normalized spacial score (nSPS) is 26.9. The van der Waals surface area contributed by atoms with Gasteiger partial charge in [-0.25, -0.2) is 4.79 Å². The molecule has 3 aromatic rings. The average molecular weight is 558 g/mol. The van der Waals surface area contributed by atoms with E-state index in [4.69, 9.17) is 26.7 Å². The van der Waals surface area contributed by atoms with E-state index >= 15 is 0 Å². The van der Waals surface area contributed by atoms with Gasteiger partial charge in [0, 0.05) is 46.9 Å². The SMILES string of the molecule is NC(=O)O[C@@H]1CCCN(C(=O)c2cc3c4c(c2)C(N)[C@](N)(c2cc5ccc(C=O)cc5n2CC2CC2)C4CCO3)C1. The van der Waals surface area contributed by atoms with Gasteiger partial charge in [-0.05, 0) is 73.2 Å². The molecule has 2 unspecified atom stereocenters. The fraction of sp³-hybridized carbons (Fsp3) is 0.452. The topological polar surface area (TPSA) is 156 Å². The number of likely N-dealkylation sites (tertiary alicyclic amines) is 1. The maximum atomic E-state index is 13.7. The molecule has 41 heavy (non-hydrogen) atoms. The molecule has 1 saturated heterocycles. The largest absolute Gasteiger partial charge is 0.493 e. The quantitative estimate of drug-likeness (QED) is 0.393. The van der Waals surface area contributed by atoms with Crippen LogP contribution in [0, 0.1) is 5.92 Å².